The van der Waals surface area contributed by atoms with Crippen molar-refractivity contribution in [1.82, 2.24) is 15.2 Å². The molecule has 2 aromatic heterocycles. The van der Waals surface area contributed by atoms with Crippen molar-refractivity contribution in [3.8, 4) is 0 Å². The van der Waals surface area contributed by atoms with Crippen LogP contribution in [0.5, 0.6) is 0 Å². The summed E-state index contributed by atoms with van der Waals surface area (Å²) in [7, 11) is 0. The first kappa shape index (κ1) is 18.3. The maximum absolute atomic E-state index is 11.3. The molecule has 0 saturated carbocycles. The summed E-state index contributed by atoms with van der Waals surface area (Å²) in [6.45, 7) is 3.17. The molecule has 0 spiro atoms. The van der Waals surface area contributed by atoms with E-state index in [0.717, 1.165) is 49.6 Å². The Morgan fingerprint density at radius 2 is 2.04 bits per heavy atom. The van der Waals surface area contributed by atoms with Crippen LogP contribution in [0.1, 0.15) is 45.4 Å². The van der Waals surface area contributed by atoms with Gasteiger partial charge in [-0.2, -0.15) is 0 Å². The fraction of sp³-hybridized carbons (Fsp3) is 0.529. The first-order chi connectivity index (χ1) is 11.8. The van der Waals surface area contributed by atoms with E-state index in [-0.39, 0.29) is 5.97 Å². The van der Waals surface area contributed by atoms with Crippen molar-refractivity contribution >= 4 is 28.3 Å². The predicted molar refractivity (Wildman–Crippen MR) is 95.5 cm³/mol. The number of pyridine rings is 1. The summed E-state index contributed by atoms with van der Waals surface area (Å²) in [6.07, 6.45) is 7.56. The smallest absolute Gasteiger partial charge is 0.305 e. The molecule has 0 saturated heterocycles. The monoisotopic (exact) mass is 348 g/mol. The van der Waals surface area contributed by atoms with Crippen molar-refractivity contribution in [2.45, 2.75) is 45.4 Å². The van der Waals surface area contributed by atoms with Crippen LogP contribution in [-0.2, 0) is 9.53 Å². The highest BCUT2D eigenvalue weighted by molar-refractivity contribution is 7.13. The molecule has 0 amide bonds. The van der Waals surface area contributed by atoms with Gasteiger partial charge in [0.15, 0.2) is 0 Å². The zero-order valence-corrected chi connectivity index (χ0v) is 14.9. The lowest BCUT2D eigenvalue weighted by Crippen LogP contribution is -2.19. The Hall–Kier alpha value is -2.02. The lowest BCUT2D eigenvalue weighted by molar-refractivity contribution is -0.143. The van der Waals surface area contributed by atoms with E-state index in [1.54, 1.807) is 11.7 Å². The standard InChI is InChI=1S/C17H24N4O2S/c1-2-23-16(22)11-6-4-3-5-9-13-21(17-20-19-14-24-17)15-10-7-8-12-18-15/h7-8,10,12,14H,2-6,9,11,13H2,1H3. The molecule has 7 heteroatoms. The second-order valence-electron chi connectivity index (χ2n) is 5.38. The first-order valence-corrected chi connectivity index (χ1v) is 9.29. The quantitative estimate of drug-likeness (QED) is 0.452. The Labute approximate surface area is 146 Å². The van der Waals surface area contributed by atoms with E-state index in [0.29, 0.717) is 13.0 Å². The molecule has 0 aliphatic rings. The van der Waals surface area contributed by atoms with Gasteiger partial charge in [-0.25, -0.2) is 4.98 Å². The molecule has 0 atom stereocenters. The molecule has 0 N–H and O–H groups in total. The SMILES string of the molecule is CCOC(=O)CCCCCCCN(c1ccccn1)c1nncs1. The third kappa shape index (κ3) is 6.23. The van der Waals surface area contributed by atoms with E-state index in [1.807, 2.05) is 25.1 Å². The molecule has 2 aromatic rings. The van der Waals surface area contributed by atoms with Crippen LogP contribution < -0.4 is 4.90 Å². The van der Waals surface area contributed by atoms with Crippen LogP contribution >= 0.6 is 11.3 Å². The molecule has 0 aliphatic heterocycles. The van der Waals surface area contributed by atoms with E-state index < -0.39 is 0 Å². The minimum Gasteiger partial charge on any atom is -0.466 e. The average Bonchev–Trinajstić information content (AvgIpc) is 3.12. The number of ether oxygens (including phenoxy) is 1. The Kier molecular flexibility index (Phi) is 8.17. The van der Waals surface area contributed by atoms with Gasteiger partial charge in [0.1, 0.15) is 11.3 Å². The summed E-state index contributed by atoms with van der Waals surface area (Å²) in [4.78, 5) is 17.8. The number of carbonyl (C=O) groups is 1. The van der Waals surface area contributed by atoms with Gasteiger partial charge in [0, 0.05) is 19.2 Å². The largest absolute Gasteiger partial charge is 0.466 e. The van der Waals surface area contributed by atoms with Crippen molar-refractivity contribution < 1.29 is 9.53 Å². The number of aromatic nitrogens is 3. The predicted octanol–water partition coefficient (Wildman–Crippen LogP) is 3.97. The lowest BCUT2D eigenvalue weighted by atomic mass is 10.1. The van der Waals surface area contributed by atoms with Crippen LogP contribution in [-0.4, -0.2) is 34.3 Å². The van der Waals surface area contributed by atoms with Gasteiger partial charge in [-0.1, -0.05) is 36.7 Å². The molecule has 2 rings (SSSR count). The number of anilines is 2. The zero-order chi connectivity index (χ0) is 17.0. The second-order valence-corrected chi connectivity index (χ2v) is 6.20. The topological polar surface area (TPSA) is 68.2 Å². The van der Waals surface area contributed by atoms with Crippen LogP contribution in [0.4, 0.5) is 10.9 Å². The molecule has 24 heavy (non-hydrogen) atoms. The maximum atomic E-state index is 11.3. The van der Waals surface area contributed by atoms with Crippen LogP contribution in [0.2, 0.25) is 0 Å². The molecule has 0 aliphatic carbocycles. The number of unbranched alkanes of at least 4 members (excludes halogenated alkanes) is 4. The highest BCUT2D eigenvalue weighted by Gasteiger charge is 2.12. The van der Waals surface area contributed by atoms with Gasteiger partial charge < -0.3 is 9.64 Å². The Balaban J connectivity index is 1.70. The first-order valence-electron chi connectivity index (χ1n) is 8.41. The number of carbonyl (C=O) groups excluding carboxylic acids is 1. The fourth-order valence-electron chi connectivity index (χ4n) is 2.41. The highest BCUT2D eigenvalue weighted by atomic mass is 32.1. The van der Waals surface area contributed by atoms with Crippen molar-refractivity contribution in [3.63, 3.8) is 0 Å². The molecule has 0 bridgehead atoms. The number of esters is 1. The lowest BCUT2D eigenvalue weighted by Gasteiger charge is -2.20. The summed E-state index contributed by atoms with van der Waals surface area (Å²) in [5, 5.41) is 8.96. The summed E-state index contributed by atoms with van der Waals surface area (Å²) in [6, 6.07) is 5.87. The minimum atomic E-state index is -0.0879. The van der Waals surface area contributed by atoms with Gasteiger partial charge in [0.2, 0.25) is 5.13 Å². The molecular formula is C17H24N4O2S. The van der Waals surface area contributed by atoms with E-state index in [9.17, 15) is 4.79 Å². The minimum absolute atomic E-state index is 0.0879. The van der Waals surface area contributed by atoms with Crippen LogP contribution in [0, 0.1) is 0 Å². The molecule has 0 unspecified atom stereocenters. The molecule has 0 fully saturated rings. The van der Waals surface area contributed by atoms with Crippen molar-refractivity contribution in [1.29, 1.82) is 0 Å². The van der Waals surface area contributed by atoms with Gasteiger partial charge in [-0.3, -0.25) is 4.79 Å². The second kappa shape index (κ2) is 10.7. The van der Waals surface area contributed by atoms with Gasteiger partial charge in [0.05, 0.1) is 6.61 Å². The van der Waals surface area contributed by atoms with Crippen LogP contribution in [0.15, 0.2) is 29.9 Å². The van der Waals surface area contributed by atoms with E-state index in [2.05, 4.69) is 20.1 Å². The number of hydrogen-bond donors (Lipinski definition) is 0. The molecular weight excluding hydrogens is 324 g/mol. The Morgan fingerprint density at radius 3 is 2.75 bits per heavy atom. The number of nitrogens with zero attached hydrogens (tertiary/aromatic N) is 4. The average molecular weight is 348 g/mol. The summed E-state index contributed by atoms with van der Waals surface area (Å²) < 4.78 is 4.93. The number of rotatable bonds is 11. The highest BCUT2D eigenvalue weighted by Crippen LogP contribution is 2.25. The number of hydrogen-bond acceptors (Lipinski definition) is 7. The maximum Gasteiger partial charge on any atom is 0.305 e. The summed E-state index contributed by atoms with van der Waals surface area (Å²) in [5.41, 5.74) is 1.74. The van der Waals surface area contributed by atoms with Gasteiger partial charge >= 0.3 is 5.97 Å². The zero-order valence-electron chi connectivity index (χ0n) is 14.1. The van der Waals surface area contributed by atoms with Gasteiger partial charge in [-0.05, 0) is 31.9 Å². The van der Waals surface area contributed by atoms with Crippen LogP contribution in [0.25, 0.3) is 0 Å². The fourth-order valence-corrected chi connectivity index (χ4v) is 3.00. The molecule has 6 nitrogen and oxygen atoms in total. The molecule has 0 radical (unpaired) electrons. The summed E-state index contributed by atoms with van der Waals surface area (Å²) in [5.74, 6) is 0.812. The van der Waals surface area contributed by atoms with Crippen molar-refractivity contribution in [2.75, 3.05) is 18.1 Å². The summed E-state index contributed by atoms with van der Waals surface area (Å²) >= 11 is 1.52. The normalized spacial score (nSPS) is 10.5. The van der Waals surface area contributed by atoms with Gasteiger partial charge in [0.25, 0.3) is 0 Å². The molecule has 130 valence electrons. The Morgan fingerprint density at radius 1 is 1.21 bits per heavy atom. The molecule has 2 heterocycles. The van der Waals surface area contributed by atoms with E-state index in [1.165, 1.54) is 11.3 Å². The van der Waals surface area contributed by atoms with E-state index >= 15 is 0 Å². The third-order valence-electron chi connectivity index (χ3n) is 3.57. The van der Waals surface area contributed by atoms with Crippen molar-refractivity contribution in [3.05, 3.63) is 29.9 Å². The molecule has 0 aromatic carbocycles. The van der Waals surface area contributed by atoms with Crippen molar-refractivity contribution in [2.24, 2.45) is 0 Å². The van der Waals surface area contributed by atoms with Crippen LogP contribution in [0.3, 0.4) is 0 Å². The van der Waals surface area contributed by atoms with E-state index in [4.69, 9.17) is 4.74 Å². The van der Waals surface area contributed by atoms with Gasteiger partial charge in [-0.15, -0.1) is 10.2 Å². The Bertz CT molecular complexity index is 578. The third-order valence-corrected chi connectivity index (χ3v) is 4.29.